The predicted octanol–water partition coefficient (Wildman–Crippen LogP) is 2.30. The Hall–Kier alpha value is -1.69. The summed E-state index contributed by atoms with van der Waals surface area (Å²) < 4.78 is 6.83. The highest BCUT2D eigenvalue weighted by atomic mass is 16.5. The van der Waals surface area contributed by atoms with Crippen LogP contribution >= 0.6 is 0 Å². The molecule has 0 aliphatic heterocycles. The lowest BCUT2D eigenvalue weighted by Crippen LogP contribution is -2.21. The molecular formula is C15H25N3O3. The first-order valence-corrected chi connectivity index (χ1v) is 7.50. The highest BCUT2D eigenvalue weighted by molar-refractivity contribution is 6.04. The zero-order valence-corrected chi connectivity index (χ0v) is 12.9. The molecule has 6 heteroatoms. The fraction of sp³-hybridized carbons (Fsp3) is 0.667. The van der Waals surface area contributed by atoms with Gasteiger partial charge in [-0.2, -0.15) is 5.10 Å². The van der Waals surface area contributed by atoms with Crippen molar-refractivity contribution < 1.29 is 14.3 Å². The van der Waals surface area contributed by atoms with Crippen molar-refractivity contribution in [3.05, 3.63) is 12.3 Å². The number of hydrogen-bond donors (Lipinski definition) is 1. The zero-order valence-electron chi connectivity index (χ0n) is 12.9. The molecule has 0 saturated carbocycles. The predicted molar refractivity (Wildman–Crippen MR) is 81.0 cm³/mol. The van der Waals surface area contributed by atoms with Crippen LogP contribution in [0.25, 0.3) is 0 Å². The van der Waals surface area contributed by atoms with Gasteiger partial charge < -0.3 is 10.1 Å². The molecule has 0 bridgehead atoms. The van der Waals surface area contributed by atoms with Crippen molar-refractivity contribution in [1.82, 2.24) is 9.78 Å². The summed E-state index contributed by atoms with van der Waals surface area (Å²) in [5.41, 5.74) is 0. The number of aryl methyl sites for hydroxylation is 1. The van der Waals surface area contributed by atoms with Crippen molar-refractivity contribution >= 4 is 17.5 Å². The van der Waals surface area contributed by atoms with Gasteiger partial charge in [-0.3, -0.25) is 14.3 Å². The minimum atomic E-state index is -0.338. The Morgan fingerprint density at radius 2 is 2.05 bits per heavy atom. The van der Waals surface area contributed by atoms with Crippen molar-refractivity contribution in [2.24, 2.45) is 7.05 Å². The van der Waals surface area contributed by atoms with Crippen molar-refractivity contribution in [3.8, 4) is 0 Å². The molecule has 0 spiro atoms. The average molecular weight is 295 g/mol. The van der Waals surface area contributed by atoms with Gasteiger partial charge in [-0.05, 0) is 6.42 Å². The number of nitrogens with zero attached hydrogens (tertiary/aromatic N) is 2. The fourth-order valence-corrected chi connectivity index (χ4v) is 1.91. The van der Waals surface area contributed by atoms with E-state index >= 15 is 0 Å². The van der Waals surface area contributed by atoms with E-state index in [1.807, 2.05) is 0 Å². The smallest absolute Gasteiger partial charge is 0.233 e. The molecule has 0 aliphatic rings. The Labute approximate surface area is 125 Å². The van der Waals surface area contributed by atoms with Gasteiger partial charge >= 0.3 is 0 Å². The third kappa shape index (κ3) is 7.60. The largest absolute Gasteiger partial charge is 0.374 e. The number of aromatic nitrogens is 2. The minimum absolute atomic E-state index is 0.00653. The molecular weight excluding hydrogens is 270 g/mol. The molecule has 6 nitrogen and oxygen atoms in total. The van der Waals surface area contributed by atoms with Crippen molar-refractivity contribution in [3.63, 3.8) is 0 Å². The standard InChI is InChI=1S/C15H25N3O3/c1-3-4-5-6-7-10-21-12-13(19)11-15(20)17-14-8-9-16-18(14)2/h8-9H,3-7,10-12H2,1-2H3,(H,17,20). The van der Waals surface area contributed by atoms with Crippen molar-refractivity contribution in [1.29, 1.82) is 0 Å². The lowest BCUT2D eigenvalue weighted by molar-refractivity contribution is -0.128. The van der Waals surface area contributed by atoms with Gasteiger partial charge in [0.1, 0.15) is 12.4 Å². The summed E-state index contributed by atoms with van der Waals surface area (Å²) in [5.74, 6) is 0.0306. The van der Waals surface area contributed by atoms with E-state index in [0.29, 0.717) is 12.4 Å². The van der Waals surface area contributed by atoms with Crippen LogP contribution in [0.2, 0.25) is 0 Å². The second-order valence-electron chi connectivity index (χ2n) is 5.07. The van der Waals surface area contributed by atoms with E-state index in [0.717, 1.165) is 12.8 Å². The number of carbonyl (C=O) groups excluding carboxylic acids is 2. The number of hydrogen-bond acceptors (Lipinski definition) is 4. The number of amides is 1. The first kappa shape index (κ1) is 17.4. The summed E-state index contributed by atoms with van der Waals surface area (Å²) in [6, 6.07) is 1.68. The third-order valence-electron chi connectivity index (χ3n) is 3.10. The first-order chi connectivity index (χ1) is 10.1. The Morgan fingerprint density at radius 3 is 2.71 bits per heavy atom. The maximum absolute atomic E-state index is 11.7. The Kier molecular flexibility index (Phi) is 8.35. The molecule has 0 unspecified atom stereocenters. The van der Waals surface area contributed by atoms with Gasteiger partial charge in [0.05, 0.1) is 12.6 Å². The van der Waals surface area contributed by atoms with E-state index in [4.69, 9.17) is 4.74 Å². The van der Waals surface area contributed by atoms with Crippen LogP contribution in [0.4, 0.5) is 5.82 Å². The quantitative estimate of drug-likeness (QED) is 0.502. The van der Waals surface area contributed by atoms with Crippen LogP contribution in [-0.2, 0) is 21.4 Å². The number of ketones is 1. The van der Waals surface area contributed by atoms with Gasteiger partial charge in [0, 0.05) is 19.7 Å². The van der Waals surface area contributed by atoms with Crippen molar-refractivity contribution in [2.75, 3.05) is 18.5 Å². The molecule has 1 rings (SSSR count). The Bertz CT molecular complexity index is 443. The average Bonchev–Trinajstić information content (AvgIpc) is 2.83. The van der Waals surface area contributed by atoms with E-state index in [1.165, 1.54) is 23.9 Å². The Morgan fingerprint density at radius 1 is 1.29 bits per heavy atom. The van der Waals surface area contributed by atoms with Gasteiger partial charge in [0.2, 0.25) is 5.91 Å². The number of nitrogens with one attached hydrogen (secondary N) is 1. The van der Waals surface area contributed by atoms with Crippen LogP contribution in [0.15, 0.2) is 12.3 Å². The van der Waals surface area contributed by atoms with E-state index < -0.39 is 0 Å². The molecule has 1 heterocycles. The molecule has 0 saturated heterocycles. The summed E-state index contributed by atoms with van der Waals surface area (Å²) in [6.45, 7) is 2.76. The van der Waals surface area contributed by atoms with Crippen LogP contribution in [0, 0.1) is 0 Å². The molecule has 0 aromatic carbocycles. The number of anilines is 1. The highest BCUT2D eigenvalue weighted by Crippen LogP contribution is 2.04. The number of carbonyl (C=O) groups is 2. The molecule has 118 valence electrons. The normalized spacial score (nSPS) is 10.6. The van der Waals surface area contributed by atoms with Gasteiger partial charge in [-0.15, -0.1) is 0 Å². The minimum Gasteiger partial charge on any atom is -0.374 e. The monoisotopic (exact) mass is 295 g/mol. The summed E-state index contributed by atoms with van der Waals surface area (Å²) in [5, 5.41) is 6.56. The third-order valence-corrected chi connectivity index (χ3v) is 3.10. The second kappa shape index (κ2) is 10.1. The molecule has 1 N–H and O–H groups in total. The van der Waals surface area contributed by atoms with Crippen LogP contribution < -0.4 is 5.32 Å². The van der Waals surface area contributed by atoms with E-state index in [-0.39, 0.29) is 24.7 Å². The number of Topliss-reactive ketones (excluding diaryl/α,β-unsaturated/α-hetero) is 1. The van der Waals surface area contributed by atoms with Crippen molar-refractivity contribution in [2.45, 2.75) is 45.4 Å². The second-order valence-corrected chi connectivity index (χ2v) is 5.07. The van der Waals surface area contributed by atoms with E-state index in [1.54, 1.807) is 19.3 Å². The fourth-order valence-electron chi connectivity index (χ4n) is 1.91. The molecule has 0 atom stereocenters. The maximum atomic E-state index is 11.7. The summed E-state index contributed by atoms with van der Waals surface area (Å²) >= 11 is 0. The molecule has 1 aromatic heterocycles. The zero-order chi connectivity index (χ0) is 15.5. The van der Waals surface area contributed by atoms with Crippen LogP contribution in [-0.4, -0.2) is 34.7 Å². The molecule has 0 radical (unpaired) electrons. The SMILES string of the molecule is CCCCCCCOCC(=O)CC(=O)Nc1ccnn1C. The lowest BCUT2D eigenvalue weighted by Gasteiger charge is -2.05. The van der Waals surface area contributed by atoms with Crippen LogP contribution in [0.1, 0.15) is 45.4 Å². The van der Waals surface area contributed by atoms with Crippen LogP contribution in [0.5, 0.6) is 0 Å². The number of ether oxygens (including phenoxy) is 1. The molecule has 0 aliphatic carbocycles. The molecule has 1 aromatic rings. The molecule has 0 fully saturated rings. The van der Waals surface area contributed by atoms with Crippen LogP contribution in [0.3, 0.4) is 0 Å². The number of unbranched alkanes of at least 4 members (excludes halogenated alkanes) is 4. The lowest BCUT2D eigenvalue weighted by atomic mass is 10.2. The first-order valence-electron chi connectivity index (χ1n) is 7.50. The summed E-state index contributed by atoms with van der Waals surface area (Å²) in [7, 11) is 1.72. The van der Waals surface area contributed by atoms with Gasteiger partial charge in [-0.1, -0.05) is 32.6 Å². The van der Waals surface area contributed by atoms with Gasteiger partial charge in [-0.25, -0.2) is 0 Å². The molecule has 21 heavy (non-hydrogen) atoms. The van der Waals surface area contributed by atoms with E-state index in [9.17, 15) is 9.59 Å². The van der Waals surface area contributed by atoms with Gasteiger partial charge in [0.25, 0.3) is 0 Å². The topological polar surface area (TPSA) is 73.2 Å². The van der Waals surface area contributed by atoms with Gasteiger partial charge in [0.15, 0.2) is 5.78 Å². The Balaban J connectivity index is 2.08. The molecule has 1 amide bonds. The summed E-state index contributed by atoms with van der Waals surface area (Å²) in [4.78, 5) is 23.2. The summed E-state index contributed by atoms with van der Waals surface area (Å²) in [6.07, 6.45) is 7.18. The maximum Gasteiger partial charge on any atom is 0.233 e. The van der Waals surface area contributed by atoms with E-state index in [2.05, 4.69) is 17.3 Å². The number of rotatable bonds is 11. The highest BCUT2D eigenvalue weighted by Gasteiger charge is 2.11.